The van der Waals surface area contributed by atoms with Crippen LogP contribution in [-0.2, 0) is 6.54 Å². The first-order chi connectivity index (χ1) is 8.42. The van der Waals surface area contributed by atoms with Crippen LogP contribution >= 0.6 is 0 Å². The minimum absolute atomic E-state index is 0.773. The Kier molecular flexibility index (Phi) is 3.48. The molecule has 0 bridgehead atoms. The maximum atomic E-state index is 5.44. The summed E-state index contributed by atoms with van der Waals surface area (Å²) in [5.74, 6) is 1.95. The zero-order valence-corrected chi connectivity index (χ0v) is 10.4. The molecule has 1 aromatic heterocycles. The zero-order valence-electron chi connectivity index (χ0n) is 10.4. The summed E-state index contributed by atoms with van der Waals surface area (Å²) < 4.78 is 5.44. The van der Waals surface area contributed by atoms with Crippen LogP contribution in [0.1, 0.15) is 31.4 Å². The second-order valence-electron chi connectivity index (χ2n) is 5.42. The maximum absolute atomic E-state index is 5.44. The molecule has 1 aromatic rings. The molecular weight excluding hydrogens is 212 g/mol. The van der Waals surface area contributed by atoms with Crippen molar-refractivity contribution in [2.45, 2.75) is 38.3 Å². The molecule has 2 fully saturated rings. The van der Waals surface area contributed by atoms with Crippen LogP contribution in [0.5, 0.6) is 0 Å². The molecule has 3 heterocycles. The van der Waals surface area contributed by atoms with E-state index in [1.165, 1.54) is 45.3 Å². The number of likely N-dealkylation sites (tertiary alicyclic amines) is 1. The standard InChI is InChI=1S/C14H22N2O/c1-6-14(15-7-1)12-4-2-8-16(10-12)11-13-5-3-9-17-13/h3,5,9,12,14-15H,1-2,4,6-8,10-11H2. The Hall–Kier alpha value is -0.800. The summed E-state index contributed by atoms with van der Waals surface area (Å²) in [6.45, 7) is 4.66. The molecular formula is C14H22N2O. The molecule has 2 aliphatic rings. The highest BCUT2D eigenvalue weighted by Crippen LogP contribution is 2.25. The molecule has 0 aliphatic carbocycles. The second kappa shape index (κ2) is 5.23. The van der Waals surface area contributed by atoms with Gasteiger partial charge in [-0.2, -0.15) is 0 Å². The van der Waals surface area contributed by atoms with E-state index in [1.807, 2.05) is 6.07 Å². The Morgan fingerprint density at radius 2 is 2.35 bits per heavy atom. The fourth-order valence-electron chi connectivity index (χ4n) is 3.30. The van der Waals surface area contributed by atoms with E-state index in [-0.39, 0.29) is 0 Å². The molecule has 17 heavy (non-hydrogen) atoms. The molecule has 1 N–H and O–H groups in total. The van der Waals surface area contributed by atoms with E-state index in [1.54, 1.807) is 6.26 Å². The average Bonchev–Trinajstić information content (AvgIpc) is 3.01. The molecule has 0 saturated carbocycles. The van der Waals surface area contributed by atoms with E-state index in [2.05, 4.69) is 16.3 Å². The molecule has 3 nitrogen and oxygen atoms in total. The van der Waals surface area contributed by atoms with E-state index in [4.69, 9.17) is 4.42 Å². The van der Waals surface area contributed by atoms with Gasteiger partial charge in [0.05, 0.1) is 12.8 Å². The highest BCUT2D eigenvalue weighted by molar-refractivity contribution is 4.98. The van der Waals surface area contributed by atoms with E-state index >= 15 is 0 Å². The number of nitrogens with zero attached hydrogens (tertiary/aromatic N) is 1. The largest absolute Gasteiger partial charge is 0.468 e. The average molecular weight is 234 g/mol. The first kappa shape index (κ1) is 11.3. The first-order valence-corrected chi connectivity index (χ1v) is 6.90. The topological polar surface area (TPSA) is 28.4 Å². The van der Waals surface area contributed by atoms with Gasteiger partial charge < -0.3 is 9.73 Å². The Labute approximate surface area is 103 Å². The van der Waals surface area contributed by atoms with Gasteiger partial charge in [0.1, 0.15) is 5.76 Å². The SMILES string of the molecule is c1coc(CN2CCCC(C3CCCN3)C2)c1. The maximum Gasteiger partial charge on any atom is 0.117 e. The number of hydrogen-bond donors (Lipinski definition) is 1. The summed E-state index contributed by atoms with van der Waals surface area (Å²) in [6, 6.07) is 4.83. The molecule has 2 atom stereocenters. The molecule has 0 aromatic carbocycles. The predicted molar refractivity (Wildman–Crippen MR) is 67.7 cm³/mol. The molecule has 3 rings (SSSR count). The van der Waals surface area contributed by atoms with Gasteiger partial charge in [0.15, 0.2) is 0 Å². The van der Waals surface area contributed by atoms with Crippen molar-refractivity contribution in [3.8, 4) is 0 Å². The van der Waals surface area contributed by atoms with Gasteiger partial charge in [0, 0.05) is 12.6 Å². The summed E-state index contributed by atoms with van der Waals surface area (Å²) >= 11 is 0. The van der Waals surface area contributed by atoms with Crippen molar-refractivity contribution in [2.75, 3.05) is 19.6 Å². The summed E-state index contributed by atoms with van der Waals surface area (Å²) in [5.41, 5.74) is 0. The lowest BCUT2D eigenvalue weighted by molar-refractivity contribution is 0.137. The van der Waals surface area contributed by atoms with Crippen molar-refractivity contribution in [3.63, 3.8) is 0 Å². The first-order valence-electron chi connectivity index (χ1n) is 6.90. The Morgan fingerprint density at radius 3 is 3.12 bits per heavy atom. The van der Waals surface area contributed by atoms with Crippen molar-refractivity contribution in [1.29, 1.82) is 0 Å². The highest BCUT2D eigenvalue weighted by atomic mass is 16.3. The number of hydrogen-bond acceptors (Lipinski definition) is 3. The highest BCUT2D eigenvalue weighted by Gasteiger charge is 2.29. The van der Waals surface area contributed by atoms with Gasteiger partial charge >= 0.3 is 0 Å². The number of piperidine rings is 1. The lowest BCUT2D eigenvalue weighted by atomic mass is 9.90. The van der Waals surface area contributed by atoms with Crippen LogP contribution in [0.3, 0.4) is 0 Å². The van der Waals surface area contributed by atoms with Gasteiger partial charge in [0.25, 0.3) is 0 Å². The van der Waals surface area contributed by atoms with Gasteiger partial charge in [0.2, 0.25) is 0 Å². The fourth-order valence-corrected chi connectivity index (χ4v) is 3.30. The van der Waals surface area contributed by atoms with Gasteiger partial charge in [-0.05, 0) is 56.8 Å². The van der Waals surface area contributed by atoms with Crippen molar-refractivity contribution >= 4 is 0 Å². The zero-order chi connectivity index (χ0) is 11.5. The summed E-state index contributed by atoms with van der Waals surface area (Å²) in [7, 11) is 0. The molecule has 2 saturated heterocycles. The van der Waals surface area contributed by atoms with Crippen LogP contribution in [0, 0.1) is 5.92 Å². The number of rotatable bonds is 3. The Balaban J connectivity index is 1.55. The lowest BCUT2D eigenvalue weighted by Crippen LogP contribution is -2.43. The van der Waals surface area contributed by atoms with Gasteiger partial charge in [-0.15, -0.1) is 0 Å². The molecule has 94 valence electrons. The normalized spacial score (nSPS) is 30.8. The van der Waals surface area contributed by atoms with E-state index in [9.17, 15) is 0 Å². The second-order valence-corrected chi connectivity index (χ2v) is 5.42. The van der Waals surface area contributed by atoms with Crippen molar-refractivity contribution in [2.24, 2.45) is 5.92 Å². The van der Waals surface area contributed by atoms with Crippen LogP contribution in [0.4, 0.5) is 0 Å². The van der Waals surface area contributed by atoms with E-state index < -0.39 is 0 Å². The van der Waals surface area contributed by atoms with Crippen LogP contribution in [-0.4, -0.2) is 30.6 Å². The molecule has 0 spiro atoms. The Morgan fingerprint density at radius 1 is 1.35 bits per heavy atom. The van der Waals surface area contributed by atoms with Crippen LogP contribution in [0.2, 0.25) is 0 Å². The van der Waals surface area contributed by atoms with Crippen LogP contribution in [0.15, 0.2) is 22.8 Å². The van der Waals surface area contributed by atoms with Gasteiger partial charge in [-0.25, -0.2) is 0 Å². The van der Waals surface area contributed by atoms with E-state index in [0.29, 0.717) is 0 Å². The minimum Gasteiger partial charge on any atom is -0.468 e. The monoisotopic (exact) mass is 234 g/mol. The third-order valence-electron chi connectivity index (χ3n) is 4.17. The van der Waals surface area contributed by atoms with Crippen LogP contribution in [0.25, 0.3) is 0 Å². The van der Waals surface area contributed by atoms with E-state index in [0.717, 1.165) is 24.3 Å². The fraction of sp³-hybridized carbons (Fsp3) is 0.714. The number of nitrogens with one attached hydrogen (secondary N) is 1. The van der Waals surface area contributed by atoms with Crippen LogP contribution < -0.4 is 5.32 Å². The van der Waals surface area contributed by atoms with Crippen molar-refractivity contribution in [3.05, 3.63) is 24.2 Å². The summed E-state index contributed by atoms with van der Waals surface area (Å²) in [5, 5.41) is 3.66. The quantitative estimate of drug-likeness (QED) is 0.869. The smallest absolute Gasteiger partial charge is 0.117 e. The van der Waals surface area contributed by atoms with Crippen molar-refractivity contribution in [1.82, 2.24) is 10.2 Å². The molecule has 2 aliphatic heterocycles. The van der Waals surface area contributed by atoms with Crippen molar-refractivity contribution < 1.29 is 4.42 Å². The molecule has 0 amide bonds. The molecule has 3 heteroatoms. The third kappa shape index (κ3) is 2.72. The van der Waals surface area contributed by atoms with Gasteiger partial charge in [-0.1, -0.05) is 0 Å². The summed E-state index contributed by atoms with van der Waals surface area (Å²) in [4.78, 5) is 2.55. The summed E-state index contributed by atoms with van der Waals surface area (Å²) in [6.07, 6.45) is 7.24. The number of furan rings is 1. The third-order valence-corrected chi connectivity index (χ3v) is 4.17. The predicted octanol–water partition coefficient (Wildman–Crippen LogP) is 2.24. The molecule has 0 radical (unpaired) electrons. The minimum atomic E-state index is 0.773. The van der Waals surface area contributed by atoms with Gasteiger partial charge in [-0.3, -0.25) is 4.90 Å². The lowest BCUT2D eigenvalue weighted by Gasteiger charge is -2.35. The Bertz CT molecular complexity index is 330. The molecule has 2 unspecified atom stereocenters.